The number of benzene rings is 4. The molecule has 4 aromatic rings. The number of methoxy groups -OCH3 is 2. The number of ether oxygens (including phenoxy) is 5. The van der Waals surface area contributed by atoms with Crippen LogP contribution in [0.3, 0.4) is 0 Å². The van der Waals surface area contributed by atoms with Crippen molar-refractivity contribution in [2.75, 3.05) is 106 Å². The number of hydrogen-bond acceptors (Lipinski definition) is 9. The van der Waals surface area contributed by atoms with Crippen molar-refractivity contribution < 1.29 is 23.7 Å². The smallest absolute Gasteiger partial charge is 0.160 e. The van der Waals surface area contributed by atoms with Crippen LogP contribution in [0, 0.1) is 0 Å². The van der Waals surface area contributed by atoms with Crippen molar-refractivity contribution in [3.63, 3.8) is 0 Å². The van der Waals surface area contributed by atoms with Crippen molar-refractivity contribution in [1.82, 2.24) is 19.6 Å². The molecule has 2 saturated heterocycles. The molecule has 0 N–H and O–H groups in total. The van der Waals surface area contributed by atoms with Crippen LogP contribution in [0.25, 0.3) is 0 Å². The van der Waals surface area contributed by atoms with Gasteiger partial charge in [-0.05, 0) is 86.3 Å². The normalized spacial score (nSPS) is 15.6. The molecule has 2 fully saturated rings. The first-order valence-electron chi connectivity index (χ1n) is 19.9. The molecular formula is C45H60Cl2N4O5. The summed E-state index contributed by atoms with van der Waals surface area (Å²) in [5, 5.41) is 1.07. The Morgan fingerprint density at radius 2 is 1.00 bits per heavy atom. The molecule has 4 aromatic carbocycles. The third-order valence-electron chi connectivity index (χ3n) is 10.1. The van der Waals surface area contributed by atoms with E-state index in [2.05, 4.69) is 69.8 Å². The summed E-state index contributed by atoms with van der Waals surface area (Å²) in [5.74, 6) is 4.23. The van der Waals surface area contributed by atoms with Crippen molar-refractivity contribution in [3.05, 3.63) is 112 Å². The first-order chi connectivity index (χ1) is 27.3. The van der Waals surface area contributed by atoms with Crippen LogP contribution in [0.2, 0.25) is 10.0 Å². The molecule has 56 heavy (non-hydrogen) atoms. The van der Waals surface area contributed by atoms with Gasteiger partial charge in [-0.25, -0.2) is 0 Å². The minimum atomic E-state index is 0.227. The fourth-order valence-corrected chi connectivity index (χ4v) is 7.05. The summed E-state index contributed by atoms with van der Waals surface area (Å²) in [6, 6.07) is 30.1. The highest BCUT2D eigenvalue weighted by molar-refractivity contribution is 6.42. The molecule has 0 spiro atoms. The lowest BCUT2D eigenvalue weighted by atomic mass is 10.1. The molecule has 0 bridgehead atoms. The second kappa shape index (κ2) is 23.5. The number of rotatable bonds is 18. The van der Waals surface area contributed by atoms with Crippen molar-refractivity contribution in [2.24, 2.45) is 0 Å². The monoisotopic (exact) mass is 806 g/mol. The lowest BCUT2D eigenvalue weighted by molar-refractivity contribution is 0.118. The Morgan fingerprint density at radius 3 is 1.54 bits per heavy atom. The molecular weight excluding hydrogens is 747 g/mol. The third-order valence-corrected chi connectivity index (χ3v) is 10.8. The van der Waals surface area contributed by atoms with Gasteiger partial charge < -0.3 is 33.5 Å². The van der Waals surface area contributed by atoms with E-state index in [1.54, 1.807) is 26.4 Å². The van der Waals surface area contributed by atoms with Crippen LogP contribution in [-0.2, 0) is 12.8 Å². The molecule has 9 nitrogen and oxygen atoms in total. The van der Waals surface area contributed by atoms with Crippen molar-refractivity contribution in [3.8, 4) is 28.7 Å². The highest BCUT2D eigenvalue weighted by Gasteiger charge is 2.18. The van der Waals surface area contributed by atoms with E-state index in [9.17, 15) is 0 Å². The molecule has 2 aliphatic rings. The molecule has 6 rings (SSSR count). The number of halogens is 2. The molecule has 2 aliphatic heterocycles. The minimum absolute atomic E-state index is 0.227. The quantitative estimate of drug-likeness (QED) is 0.0998. The average molecular weight is 808 g/mol. The predicted octanol–water partition coefficient (Wildman–Crippen LogP) is 7.96. The van der Waals surface area contributed by atoms with E-state index < -0.39 is 0 Å². The largest absolute Gasteiger partial charge is 0.493 e. The van der Waals surface area contributed by atoms with Crippen LogP contribution in [0.15, 0.2) is 91.0 Å². The highest BCUT2D eigenvalue weighted by atomic mass is 35.5. The molecule has 0 atom stereocenters. The topological polar surface area (TPSA) is 59.1 Å². The molecule has 0 unspecified atom stereocenters. The minimum Gasteiger partial charge on any atom is -0.493 e. The van der Waals surface area contributed by atoms with Gasteiger partial charge in [0.1, 0.15) is 30.5 Å². The van der Waals surface area contributed by atoms with E-state index in [0.29, 0.717) is 16.7 Å². The summed E-state index contributed by atoms with van der Waals surface area (Å²) in [7, 11) is 3.33. The van der Waals surface area contributed by atoms with E-state index in [-0.39, 0.29) is 6.10 Å². The zero-order chi connectivity index (χ0) is 39.5. The van der Waals surface area contributed by atoms with Crippen LogP contribution >= 0.6 is 23.2 Å². The van der Waals surface area contributed by atoms with E-state index in [1.165, 1.54) is 11.1 Å². The van der Waals surface area contributed by atoms with Gasteiger partial charge in [-0.2, -0.15) is 0 Å². The van der Waals surface area contributed by atoms with Crippen LogP contribution in [0.1, 0.15) is 25.0 Å². The number of hydrogen-bond donors (Lipinski definition) is 0. The molecule has 2 heterocycles. The average Bonchev–Trinajstić information content (AvgIpc) is 3.22. The first kappa shape index (κ1) is 43.4. The van der Waals surface area contributed by atoms with Crippen LogP contribution in [0.5, 0.6) is 28.7 Å². The standard InChI is InChI=1S/C23H32N2O2.C22H28Cl2N2O3/c1-20(2)27-23-10-8-21(9-11-23)12-13-24-14-16-25(17-15-24)18-19-26-22-6-4-3-5-7-22;1-27-21-6-3-17(15-22(21)28-2)7-8-25-9-11-26(12-10-25)13-14-29-18-4-5-19(23)20(24)16-18/h3-11,20H,12-19H2,1-2H3;3-6,15-16H,7-14H2,1-2H3. The Morgan fingerprint density at radius 1 is 0.500 bits per heavy atom. The third kappa shape index (κ3) is 15.0. The van der Waals surface area contributed by atoms with Gasteiger partial charge in [0.15, 0.2) is 11.5 Å². The number of nitrogens with zero attached hydrogens (tertiary/aromatic N) is 4. The van der Waals surface area contributed by atoms with Gasteiger partial charge in [0.25, 0.3) is 0 Å². The summed E-state index contributed by atoms with van der Waals surface area (Å²) in [4.78, 5) is 10.0. The van der Waals surface area contributed by atoms with Crippen molar-refractivity contribution in [1.29, 1.82) is 0 Å². The maximum Gasteiger partial charge on any atom is 0.160 e. The Labute approximate surface area is 344 Å². The molecule has 304 valence electrons. The van der Waals surface area contributed by atoms with Gasteiger partial charge in [0.2, 0.25) is 0 Å². The Hall–Kier alpha value is -3.70. The molecule has 0 saturated carbocycles. The van der Waals surface area contributed by atoms with Gasteiger partial charge in [-0.1, -0.05) is 59.6 Å². The van der Waals surface area contributed by atoms with Gasteiger partial charge in [-0.15, -0.1) is 0 Å². The van der Waals surface area contributed by atoms with E-state index in [1.807, 2.05) is 42.5 Å². The van der Waals surface area contributed by atoms with Gasteiger partial charge in [0.05, 0.1) is 30.4 Å². The van der Waals surface area contributed by atoms with Gasteiger partial charge >= 0.3 is 0 Å². The SMILES string of the molecule is CC(C)Oc1ccc(CCN2CCN(CCOc3ccccc3)CC2)cc1.COc1ccc(CCN2CCN(CCOc3ccc(Cl)c(Cl)c3)CC2)cc1OC. The van der Waals surface area contributed by atoms with Gasteiger partial charge in [0, 0.05) is 84.6 Å². The molecule has 11 heteroatoms. The maximum absolute atomic E-state index is 6.02. The van der Waals surface area contributed by atoms with E-state index in [4.69, 9.17) is 46.9 Å². The fourth-order valence-electron chi connectivity index (χ4n) is 6.76. The van der Waals surface area contributed by atoms with E-state index in [0.717, 1.165) is 127 Å². The predicted molar refractivity (Wildman–Crippen MR) is 229 cm³/mol. The molecule has 0 amide bonds. The second-order valence-electron chi connectivity index (χ2n) is 14.5. The number of para-hydroxylation sites is 1. The van der Waals surface area contributed by atoms with Crippen molar-refractivity contribution >= 4 is 23.2 Å². The van der Waals surface area contributed by atoms with Gasteiger partial charge in [-0.3, -0.25) is 9.80 Å². The van der Waals surface area contributed by atoms with Crippen molar-refractivity contribution in [2.45, 2.75) is 32.8 Å². The zero-order valence-corrected chi connectivity index (χ0v) is 35.1. The fraction of sp³-hybridized carbons (Fsp3) is 0.467. The Balaban J connectivity index is 0.000000215. The maximum atomic E-state index is 6.02. The van der Waals surface area contributed by atoms with Crippen LogP contribution in [0.4, 0.5) is 0 Å². The Bertz CT molecular complexity index is 1700. The summed E-state index contributed by atoms with van der Waals surface area (Å²) in [5.41, 5.74) is 2.64. The Kier molecular flexibility index (Phi) is 18.2. The zero-order valence-electron chi connectivity index (χ0n) is 33.6. The summed E-state index contributed by atoms with van der Waals surface area (Å²) in [6.07, 6.45) is 2.32. The lowest BCUT2D eigenvalue weighted by Crippen LogP contribution is -2.47. The second-order valence-corrected chi connectivity index (χ2v) is 15.3. The molecule has 0 radical (unpaired) electrons. The van der Waals surface area contributed by atoms with Crippen LogP contribution in [-0.4, -0.2) is 132 Å². The number of piperazine rings is 2. The highest BCUT2D eigenvalue weighted by Crippen LogP contribution is 2.28. The molecule has 0 aliphatic carbocycles. The van der Waals surface area contributed by atoms with Crippen LogP contribution < -0.4 is 23.7 Å². The summed E-state index contributed by atoms with van der Waals surface area (Å²) in [6.45, 7) is 18.4. The summed E-state index contributed by atoms with van der Waals surface area (Å²) < 4.78 is 28.0. The summed E-state index contributed by atoms with van der Waals surface area (Å²) >= 11 is 12.0. The first-order valence-corrected chi connectivity index (χ1v) is 20.6. The molecule has 0 aromatic heterocycles. The van der Waals surface area contributed by atoms with E-state index >= 15 is 0 Å². The lowest BCUT2D eigenvalue weighted by Gasteiger charge is -2.34.